The second kappa shape index (κ2) is 4.16. The summed E-state index contributed by atoms with van der Waals surface area (Å²) >= 11 is 0. The molecule has 0 aromatic rings. The average molecular weight is 112 g/mol. The number of hydrogen-bond acceptors (Lipinski definition) is 3. The van der Waals surface area contributed by atoms with Gasteiger partial charge in [-0.2, -0.15) is 0 Å². The fourth-order valence-electron chi connectivity index (χ4n) is 0.0170. The Morgan fingerprint density at radius 3 is 1.60 bits per heavy atom. The molecule has 0 atom stereocenters. The van der Waals surface area contributed by atoms with Crippen molar-refractivity contribution in [3.63, 3.8) is 0 Å². The highest BCUT2D eigenvalue weighted by atomic mass is 31.1. The molecule has 0 spiro atoms. The molecule has 0 rings (SSSR count). The predicted octanol–water partition coefficient (Wildman–Crippen LogP) is 0.881. The van der Waals surface area contributed by atoms with Crippen molar-refractivity contribution in [2.75, 3.05) is 0 Å². The Balaban J connectivity index is 2.65. The molecule has 0 aliphatic carbocycles. The lowest BCUT2D eigenvalue weighted by Gasteiger charge is -1.29. The minimum absolute atomic E-state index is 0.892. The standard InChI is InChI=1S/H2O3P2/c1-4-3-5-2/h4-5H/q+2. The van der Waals surface area contributed by atoms with Gasteiger partial charge in [-0.3, -0.25) is 0 Å². The Morgan fingerprint density at radius 2 is 1.60 bits per heavy atom. The molecule has 0 aliphatic heterocycles. The van der Waals surface area contributed by atoms with Gasteiger partial charge in [0, 0.05) is 0 Å². The summed E-state index contributed by atoms with van der Waals surface area (Å²) in [6, 6.07) is 0. The molecule has 0 bridgehead atoms. The van der Waals surface area contributed by atoms with Gasteiger partial charge in [0.05, 0.1) is 0 Å². The first-order valence-corrected chi connectivity index (χ1v) is 2.45. The highest BCUT2D eigenvalue weighted by Gasteiger charge is 1.91. The summed E-state index contributed by atoms with van der Waals surface area (Å²) in [5, 5.41) is 0. The van der Waals surface area contributed by atoms with Gasteiger partial charge in [-0.25, -0.2) is 0 Å². The van der Waals surface area contributed by atoms with Crippen LogP contribution < -0.4 is 0 Å². The summed E-state index contributed by atoms with van der Waals surface area (Å²) in [4.78, 5) is 0. The Kier molecular flexibility index (Phi) is 4.29. The first kappa shape index (κ1) is 5.16. The summed E-state index contributed by atoms with van der Waals surface area (Å²) in [5.74, 6) is 0. The summed E-state index contributed by atoms with van der Waals surface area (Å²) in [7, 11) is -1.78. The van der Waals surface area contributed by atoms with Crippen molar-refractivity contribution in [1.29, 1.82) is 0 Å². The molecule has 28 valence electrons. The van der Waals surface area contributed by atoms with E-state index in [9.17, 15) is 0 Å². The second-order valence-electron chi connectivity index (χ2n) is 0.269. The van der Waals surface area contributed by atoms with Gasteiger partial charge in [0.25, 0.3) is 0 Å². The summed E-state index contributed by atoms with van der Waals surface area (Å²) in [6.45, 7) is 0. The minimum atomic E-state index is -0.892. The van der Waals surface area contributed by atoms with Crippen LogP contribution in [0.15, 0.2) is 0 Å². The first-order chi connectivity index (χ1) is 2.41. The van der Waals surface area contributed by atoms with Gasteiger partial charge in [-0.05, 0) is 9.13 Å². The smallest absolute Gasteiger partial charge is 0.0323 e. The zero-order valence-electron chi connectivity index (χ0n) is 2.22. The van der Waals surface area contributed by atoms with Crippen LogP contribution in [0.5, 0.6) is 0 Å². The van der Waals surface area contributed by atoms with Crippen LogP contribution in [-0.4, -0.2) is 0 Å². The van der Waals surface area contributed by atoms with Crippen molar-refractivity contribution >= 4 is 17.4 Å². The van der Waals surface area contributed by atoms with Crippen molar-refractivity contribution in [2.24, 2.45) is 0 Å². The van der Waals surface area contributed by atoms with E-state index in [0.29, 0.717) is 0 Å². The fourth-order valence-corrected chi connectivity index (χ4v) is 0.153. The Hall–Kier alpha value is 0.160. The van der Waals surface area contributed by atoms with E-state index in [1.54, 1.807) is 0 Å². The molecule has 0 radical (unpaired) electrons. The quantitative estimate of drug-likeness (QED) is 0.498. The Bertz CT molecular complexity index is 34.2. The second-order valence-corrected chi connectivity index (χ2v) is 1.42. The van der Waals surface area contributed by atoms with Crippen molar-refractivity contribution in [3.05, 3.63) is 0 Å². The van der Waals surface area contributed by atoms with Crippen LogP contribution in [0.25, 0.3) is 0 Å². The zero-order chi connectivity index (χ0) is 4.12. The highest BCUT2D eigenvalue weighted by molar-refractivity contribution is 7.32. The van der Waals surface area contributed by atoms with Gasteiger partial charge in [0.1, 0.15) is 4.31 Å². The molecule has 5 heavy (non-hydrogen) atoms. The molecular formula is H2O3P2+2. The third-order valence-electron chi connectivity index (χ3n) is 0.0833. The molecule has 0 heterocycles. The lowest BCUT2D eigenvalue weighted by molar-refractivity contribution is 0.516. The van der Waals surface area contributed by atoms with Crippen LogP contribution in [0, 0.1) is 0 Å². The molecule has 0 aromatic heterocycles. The van der Waals surface area contributed by atoms with Crippen LogP contribution in [0.4, 0.5) is 0 Å². The average Bonchev–Trinajstić information content (AvgIpc) is 1.41. The van der Waals surface area contributed by atoms with Gasteiger partial charge < -0.3 is 0 Å². The Morgan fingerprint density at radius 1 is 1.20 bits per heavy atom. The topological polar surface area (TPSA) is 43.4 Å². The molecule has 0 aromatic carbocycles. The lowest BCUT2D eigenvalue weighted by Crippen LogP contribution is -1.26. The molecule has 0 fully saturated rings. The maximum atomic E-state index is 9.14. The predicted molar refractivity (Wildman–Crippen MR) is 19.1 cm³/mol. The minimum Gasteiger partial charge on any atom is -0.0323 e. The molecule has 0 saturated carbocycles. The van der Waals surface area contributed by atoms with E-state index < -0.39 is 17.4 Å². The van der Waals surface area contributed by atoms with Crippen LogP contribution >= 0.6 is 17.4 Å². The van der Waals surface area contributed by atoms with Crippen LogP contribution in [-0.2, 0) is 13.4 Å². The summed E-state index contributed by atoms with van der Waals surface area (Å²) in [6.07, 6.45) is 0. The fraction of sp³-hybridized carbons (Fsp3) is 0. The monoisotopic (exact) mass is 112 g/mol. The molecule has 0 aliphatic rings. The highest BCUT2D eigenvalue weighted by Crippen LogP contribution is 2.04. The first-order valence-electron chi connectivity index (χ1n) is 0.816. The van der Waals surface area contributed by atoms with E-state index in [1.807, 2.05) is 0 Å². The molecule has 0 amide bonds. The van der Waals surface area contributed by atoms with Crippen LogP contribution in [0.2, 0.25) is 0 Å². The molecule has 5 heteroatoms. The Labute approximate surface area is 31.9 Å². The maximum Gasteiger partial charge on any atom is 0.548 e. The van der Waals surface area contributed by atoms with Crippen molar-refractivity contribution in [2.45, 2.75) is 0 Å². The van der Waals surface area contributed by atoms with E-state index in [4.69, 9.17) is 9.13 Å². The van der Waals surface area contributed by atoms with Crippen molar-refractivity contribution in [1.82, 2.24) is 0 Å². The van der Waals surface area contributed by atoms with E-state index in [2.05, 4.69) is 4.31 Å². The zero-order valence-corrected chi connectivity index (χ0v) is 4.22. The van der Waals surface area contributed by atoms with Gasteiger partial charge in [0.15, 0.2) is 0 Å². The van der Waals surface area contributed by atoms with Crippen LogP contribution in [0.1, 0.15) is 0 Å². The lowest BCUT2D eigenvalue weighted by atomic mass is 15.8. The molecular weight excluding hydrogens is 110 g/mol. The number of rotatable bonds is 2. The third-order valence-corrected chi connectivity index (χ3v) is 0.750. The normalized spacial score (nSPS) is 9.60. The third kappa shape index (κ3) is 4.16. The maximum absolute atomic E-state index is 9.14. The summed E-state index contributed by atoms with van der Waals surface area (Å²) in [5.41, 5.74) is 0. The molecule has 3 nitrogen and oxygen atoms in total. The van der Waals surface area contributed by atoms with E-state index in [-0.39, 0.29) is 0 Å². The van der Waals surface area contributed by atoms with Gasteiger partial charge in [-0.1, -0.05) is 0 Å². The molecule has 0 saturated heterocycles. The summed E-state index contributed by atoms with van der Waals surface area (Å²) < 4.78 is 22.1. The van der Waals surface area contributed by atoms with Crippen LogP contribution in [0.3, 0.4) is 0 Å². The van der Waals surface area contributed by atoms with Gasteiger partial charge in [-0.15, -0.1) is 0 Å². The molecule has 0 N–H and O–H groups in total. The van der Waals surface area contributed by atoms with E-state index in [1.165, 1.54) is 0 Å². The van der Waals surface area contributed by atoms with Crippen molar-refractivity contribution in [3.8, 4) is 0 Å². The van der Waals surface area contributed by atoms with Gasteiger partial charge >= 0.3 is 17.4 Å². The van der Waals surface area contributed by atoms with E-state index in [0.717, 1.165) is 0 Å². The van der Waals surface area contributed by atoms with Crippen molar-refractivity contribution < 1.29 is 13.4 Å². The van der Waals surface area contributed by atoms with Gasteiger partial charge in [0.2, 0.25) is 0 Å². The number of hydrogen-bond donors (Lipinski definition) is 0. The van der Waals surface area contributed by atoms with E-state index >= 15 is 0 Å². The molecule has 0 unspecified atom stereocenters. The SMILES string of the molecule is O=[PH+]O[PH+]=O. The largest absolute Gasteiger partial charge is 0.548 e.